The number of unbranched alkanes of at least 4 members (excludes halogenated alkanes) is 3. The highest BCUT2D eigenvalue weighted by Crippen LogP contribution is 2.14. The molecule has 0 bridgehead atoms. The zero-order valence-electron chi connectivity index (χ0n) is 10.9. The second-order valence-electron chi connectivity index (χ2n) is 3.76. The Balaban J connectivity index is 3.52. The summed E-state index contributed by atoms with van der Waals surface area (Å²) in [5.41, 5.74) is 0. The highest BCUT2D eigenvalue weighted by molar-refractivity contribution is 7.97. The van der Waals surface area contributed by atoms with Gasteiger partial charge in [-0.1, -0.05) is 19.8 Å². The minimum Gasteiger partial charge on any atom is -0.359 e. The van der Waals surface area contributed by atoms with Crippen LogP contribution in [0.5, 0.6) is 0 Å². The Morgan fingerprint density at radius 3 is 2.72 bits per heavy atom. The maximum atomic E-state index is 11.5. The lowest BCUT2D eigenvalue weighted by Gasteiger charge is -2.16. The van der Waals surface area contributed by atoms with Crippen molar-refractivity contribution >= 4 is 24.3 Å². The van der Waals surface area contributed by atoms with Crippen LogP contribution in [0.2, 0.25) is 0 Å². The van der Waals surface area contributed by atoms with Gasteiger partial charge in [-0.25, -0.2) is 0 Å². The Morgan fingerprint density at radius 1 is 1.39 bits per heavy atom. The summed E-state index contributed by atoms with van der Waals surface area (Å²) in [7, 11) is 0. The molecule has 0 rings (SSSR count). The van der Waals surface area contributed by atoms with Gasteiger partial charge in [0.1, 0.15) is 6.54 Å². The number of nitrogens with zero attached hydrogens (tertiary/aromatic N) is 2. The largest absolute Gasteiger partial charge is 0.359 e. The molecule has 0 saturated heterocycles. The van der Waals surface area contributed by atoms with Gasteiger partial charge < -0.3 is 5.32 Å². The molecule has 0 fully saturated rings. The molecule has 102 valence electrons. The lowest BCUT2D eigenvalue weighted by molar-refractivity contribution is -0.125. The molecule has 0 radical (unpaired) electrons. The van der Waals surface area contributed by atoms with Crippen LogP contribution in [0.3, 0.4) is 0 Å². The first-order valence-electron chi connectivity index (χ1n) is 6.23. The smallest absolute Gasteiger partial charge is 0.233 e. The zero-order chi connectivity index (χ0) is 13.6. The number of nitriles is 1. The van der Waals surface area contributed by atoms with Gasteiger partial charge in [0.2, 0.25) is 12.3 Å². The molecule has 0 atom stereocenters. The summed E-state index contributed by atoms with van der Waals surface area (Å²) in [6, 6.07) is 2.00. The molecule has 18 heavy (non-hydrogen) atoms. The monoisotopic (exact) mass is 271 g/mol. The van der Waals surface area contributed by atoms with Gasteiger partial charge in [-0.2, -0.15) is 5.26 Å². The van der Waals surface area contributed by atoms with Gasteiger partial charge in [-0.05, 0) is 24.8 Å². The molecule has 0 aliphatic heterocycles. The average molecular weight is 271 g/mol. The van der Waals surface area contributed by atoms with E-state index >= 15 is 0 Å². The molecule has 5 nitrogen and oxygen atoms in total. The minimum absolute atomic E-state index is 0.0109. The van der Waals surface area contributed by atoms with Crippen LogP contribution in [-0.2, 0) is 9.59 Å². The SMILES string of the molecule is CCC(=O)N(CC#N)SCCCCCCNC=O. The van der Waals surface area contributed by atoms with Gasteiger partial charge in [0, 0.05) is 18.7 Å². The lowest BCUT2D eigenvalue weighted by Crippen LogP contribution is -2.24. The third-order valence-corrected chi connectivity index (χ3v) is 3.46. The summed E-state index contributed by atoms with van der Waals surface area (Å²) in [5.74, 6) is 0.867. The van der Waals surface area contributed by atoms with Gasteiger partial charge >= 0.3 is 0 Å². The third kappa shape index (κ3) is 8.88. The van der Waals surface area contributed by atoms with Crippen molar-refractivity contribution < 1.29 is 9.59 Å². The topological polar surface area (TPSA) is 73.2 Å². The maximum absolute atomic E-state index is 11.5. The van der Waals surface area contributed by atoms with E-state index in [4.69, 9.17) is 5.26 Å². The van der Waals surface area contributed by atoms with Crippen molar-refractivity contribution in [3.05, 3.63) is 0 Å². The number of hydrogen-bond acceptors (Lipinski definition) is 4. The van der Waals surface area contributed by atoms with Crippen LogP contribution in [0.15, 0.2) is 0 Å². The number of amides is 2. The summed E-state index contributed by atoms with van der Waals surface area (Å²) in [4.78, 5) is 21.4. The van der Waals surface area contributed by atoms with E-state index < -0.39 is 0 Å². The van der Waals surface area contributed by atoms with Crippen molar-refractivity contribution in [1.29, 1.82) is 5.26 Å². The van der Waals surface area contributed by atoms with E-state index in [0.717, 1.165) is 38.0 Å². The summed E-state index contributed by atoms with van der Waals surface area (Å²) in [5, 5.41) is 11.2. The predicted molar refractivity (Wildman–Crippen MR) is 72.6 cm³/mol. The van der Waals surface area contributed by atoms with Gasteiger partial charge in [-0.15, -0.1) is 0 Å². The summed E-state index contributed by atoms with van der Waals surface area (Å²) < 4.78 is 1.54. The second-order valence-corrected chi connectivity index (χ2v) is 4.87. The van der Waals surface area contributed by atoms with Crippen molar-refractivity contribution in [1.82, 2.24) is 9.62 Å². The Kier molecular flexibility index (Phi) is 11.4. The summed E-state index contributed by atoms with van der Waals surface area (Å²) in [6.45, 7) is 2.68. The molecule has 0 spiro atoms. The maximum Gasteiger partial charge on any atom is 0.233 e. The zero-order valence-corrected chi connectivity index (χ0v) is 11.7. The van der Waals surface area contributed by atoms with Crippen LogP contribution in [0.25, 0.3) is 0 Å². The molecule has 6 heteroatoms. The van der Waals surface area contributed by atoms with E-state index in [9.17, 15) is 9.59 Å². The Labute approximate surface area is 113 Å². The van der Waals surface area contributed by atoms with E-state index in [1.807, 2.05) is 6.07 Å². The standard InChI is InChI=1S/C12H21N3O2S/c1-2-12(17)15(9-7-13)18-10-6-4-3-5-8-14-11-16/h11H,2-6,8-10H2,1H3,(H,14,16). The van der Waals surface area contributed by atoms with E-state index in [1.165, 1.54) is 16.3 Å². The van der Waals surface area contributed by atoms with Crippen LogP contribution in [-0.4, -0.2) is 35.5 Å². The Hall–Kier alpha value is -1.22. The first-order valence-corrected chi connectivity index (χ1v) is 7.17. The average Bonchev–Trinajstić information content (AvgIpc) is 2.39. The van der Waals surface area contributed by atoms with E-state index in [-0.39, 0.29) is 12.5 Å². The van der Waals surface area contributed by atoms with Crippen molar-refractivity contribution in [2.45, 2.75) is 39.0 Å². The highest BCUT2D eigenvalue weighted by Gasteiger charge is 2.10. The fraction of sp³-hybridized carbons (Fsp3) is 0.750. The number of carbonyl (C=O) groups excluding carboxylic acids is 2. The fourth-order valence-electron chi connectivity index (χ4n) is 1.36. The summed E-state index contributed by atoms with van der Waals surface area (Å²) in [6.07, 6.45) is 5.30. The van der Waals surface area contributed by atoms with Crippen molar-refractivity contribution in [2.24, 2.45) is 0 Å². The number of hydrogen-bond donors (Lipinski definition) is 1. The molecule has 2 amide bonds. The molecule has 0 aliphatic rings. The second kappa shape index (κ2) is 12.2. The molecule has 0 aromatic carbocycles. The third-order valence-electron chi connectivity index (χ3n) is 2.34. The normalized spacial score (nSPS) is 9.56. The van der Waals surface area contributed by atoms with Gasteiger partial charge in [0.15, 0.2) is 0 Å². The number of carbonyl (C=O) groups is 2. The molecule has 0 aromatic rings. The first kappa shape index (κ1) is 16.8. The van der Waals surface area contributed by atoms with Gasteiger partial charge in [-0.3, -0.25) is 13.9 Å². The van der Waals surface area contributed by atoms with Crippen LogP contribution in [0.1, 0.15) is 39.0 Å². The Bertz CT molecular complexity index is 279. The minimum atomic E-state index is 0.0109. The molecule has 0 saturated carbocycles. The van der Waals surface area contributed by atoms with Crippen LogP contribution < -0.4 is 5.32 Å². The van der Waals surface area contributed by atoms with Crippen molar-refractivity contribution in [3.8, 4) is 6.07 Å². The van der Waals surface area contributed by atoms with Crippen LogP contribution >= 0.6 is 11.9 Å². The first-order chi connectivity index (χ1) is 8.76. The summed E-state index contributed by atoms with van der Waals surface area (Å²) >= 11 is 1.44. The Morgan fingerprint density at radius 2 is 2.11 bits per heavy atom. The molecule has 0 unspecified atom stereocenters. The predicted octanol–water partition coefficient (Wildman–Crippen LogP) is 1.70. The molecule has 0 heterocycles. The van der Waals surface area contributed by atoms with Gasteiger partial charge in [0.25, 0.3) is 0 Å². The van der Waals surface area contributed by atoms with Crippen molar-refractivity contribution in [2.75, 3.05) is 18.8 Å². The van der Waals surface area contributed by atoms with Gasteiger partial charge in [0.05, 0.1) is 6.07 Å². The van der Waals surface area contributed by atoms with Crippen LogP contribution in [0.4, 0.5) is 0 Å². The van der Waals surface area contributed by atoms with Crippen LogP contribution in [0, 0.1) is 11.3 Å². The molecule has 0 aliphatic carbocycles. The molecule has 0 aromatic heterocycles. The quantitative estimate of drug-likeness (QED) is 0.269. The molecular weight excluding hydrogens is 250 g/mol. The molecular formula is C12H21N3O2S. The number of rotatable bonds is 11. The van der Waals surface area contributed by atoms with Crippen molar-refractivity contribution in [3.63, 3.8) is 0 Å². The highest BCUT2D eigenvalue weighted by atomic mass is 32.2. The van der Waals surface area contributed by atoms with E-state index in [0.29, 0.717) is 12.8 Å². The molecule has 1 N–H and O–H groups in total. The fourth-order valence-corrected chi connectivity index (χ4v) is 2.34. The number of nitrogens with one attached hydrogen (secondary N) is 1. The lowest BCUT2D eigenvalue weighted by atomic mass is 10.2. The van der Waals surface area contributed by atoms with E-state index in [2.05, 4.69) is 5.32 Å². The van der Waals surface area contributed by atoms with E-state index in [1.54, 1.807) is 6.92 Å².